The number of hydrogen-bond acceptors (Lipinski definition) is 2. The molecule has 0 aliphatic carbocycles. The number of halogens is 2. The number of nitrogens with one attached hydrogen (secondary N) is 1. The van der Waals surface area contributed by atoms with Crippen molar-refractivity contribution in [1.29, 1.82) is 0 Å². The van der Waals surface area contributed by atoms with Gasteiger partial charge in [0, 0.05) is 30.0 Å². The van der Waals surface area contributed by atoms with Crippen LogP contribution in [0.1, 0.15) is 24.1 Å². The zero-order valence-electron chi connectivity index (χ0n) is 10.0. The Morgan fingerprint density at radius 2 is 1.94 bits per heavy atom. The van der Waals surface area contributed by atoms with Crippen LogP contribution >= 0.6 is 23.2 Å². The van der Waals surface area contributed by atoms with Crippen molar-refractivity contribution in [3.63, 3.8) is 0 Å². The molecule has 0 bridgehead atoms. The summed E-state index contributed by atoms with van der Waals surface area (Å²) in [6.07, 6.45) is 3.39. The minimum absolute atomic E-state index is 0.169. The number of nitrogens with zero attached hydrogens (tertiary/aromatic N) is 1. The van der Waals surface area contributed by atoms with E-state index in [1.54, 1.807) is 12.4 Å². The summed E-state index contributed by atoms with van der Waals surface area (Å²) >= 11 is 12.2. The maximum Gasteiger partial charge on any atom is 0.0634 e. The Bertz CT molecular complexity index is 529. The second kappa shape index (κ2) is 6.19. The number of rotatable bonds is 4. The first-order valence-corrected chi connectivity index (χ1v) is 6.50. The second-order valence-corrected chi connectivity index (χ2v) is 4.91. The van der Waals surface area contributed by atoms with E-state index in [2.05, 4.69) is 17.2 Å². The maximum absolute atomic E-state index is 6.16. The van der Waals surface area contributed by atoms with Crippen LogP contribution in [0.3, 0.4) is 0 Å². The van der Waals surface area contributed by atoms with Gasteiger partial charge in [-0.1, -0.05) is 41.4 Å². The van der Waals surface area contributed by atoms with Gasteiger partial charge in [-0.3, -0.25) is 4.98 Å². The average molecular weight is 281 g/mol. The summed E-state index contributed by atoms with van der Waals surface area (Å²) in [4.78, 5) is 3.96. The molecule has 2 aromatic rings. The van der Waals surface area contributed by atoms with Gasteiger partial charge in [0.2, 0.25) is 0 Å². The molecule has 0 saturated carbocycles. The fraction of sp³-hybridized carbons (Fsp3) is 0.214. The van der Waals surface area contributed by atoms with Crippen LogP contribution in [0.2, 0.25) is 10.0 Å². The van der Waals surface area contributed by atoms with Crippen LogP contribution in [0.15, 0.2) is 42.7 Å². The average Bonchev–Trinajstić information content (AvgIpc) is 2.38. The molecule has 4 heteroatoms. The van der Waals surface area contributed by atoms with Gasteiger partial charge in [0.15, 0.2) is 0 Å². The van der Waals surface area contributed by atoms with Crippen molar-refractivity contribution in [2.75, 3.05) is 0 Å². The Morgan fingerprint density at radius 3 is 2.67 bits per heavy atom. The molecule has 1 atom stereocenters. The molecule has 94 valence electrons. The van der Waals surface area contributed by atoms with Crippen LogP contribution in [0.5, 0.6) is 0 Å². The lowest BCUT2D eigenvalue weighted by Crippen LogP contribution is -2.18. The SMILES string of the molecule is CC(NCc1ccncc1Cl)c1ccccc1Cl. The lowest BCUT2D eigenvalue weighted by Gasteiger charge is -2.16. The number of benzene rings is 1. The van der Waals surface area contributed by atoms with E-state index in [-0.39, 0.29) is 6.04 Å². The Hall–Kier alpha value is -1.09. The molecule has 1 unspecified atom stereocenters. The van der Waals surface area contributed by atoms with Crippen LogP contribution in [0, 0.1) is 0 Å². The lowest BCUT2D eigenvalue weighted by atomic mass is 10.1. The van der Waals surface area contributed by atoms with Crippen molar-refractivity contribution in [1.82, 2.24) is 10.3 Å². The monoisotopic (exact) mass is 280 g/mol. The van der Waals surface area contributed by atoms with Crippen LogP contribution in [0.25, 0.3) is 0 Å². The van der Waals surface area contributed by atoms with Crippen molar-refractivity contribution in [2.45, 2.75) is 19.5 Å². The molecule has 2 nitrogen and oxygen atoms in total. The van der Waals surface area contributed by atoms with Gasteiger partial charge in [-0.05, 0) is 30.2 Å². The van der Waals surface area contributed by atoms with E-state index in [1.165, 1.54) is 0 Å². The van der Waals surface area contributed by atoms with Crippen LogP contribution < -0.4 is 5.32 Å². The molecule has 1 heterocycles. The second-order valence-electron chi connectivity index (χ2n) is 4.09. The van der Waals surface area contributed by atoms with Gasteiger partial charge in [-0.25, -0.2) is 0 Å². The van der Waals surface area contributed by atoms with Crippen molar-refractivity contribution >= 4 is 23.2 Å². The van der Waals surface area contributed by atoms with Gasteiger partial charge in [0.1, 0.15) is 0 Å². The summed E-state index contributed by atoms with van der Waals surface area (Å²) < 4.78 is 0. The third-order valence-electron chi connectivity index (χ3n) is 2.83. The van der Waals surface area contributed by atoms with E-state index in [9.17, 15) is 0 Å². The first kappa shape index (κ1) is 13.3. The normalized spacial score (nSPS) is 12.4. The van der Waals surface area contributed by atoms with Crippen LogP contribution in [-0.2, 0) is 6.54 Å². The topological polar surface area (TPSA) is 24.9 Å². The van der Waals surface area contributed by atoms with E-state index in [0.29, 0.717) is 11.6 Å². The molecule has 0 aliphatic rings. The fourth-order valence-corrected chi connectivity index (χ4v) is 2.23. The molecule has 1 aromatic heterocycles. The van der Waals surface area contributed by atoms with Gasteiger partial charge < -0.3 is 5.32 Å². The molecule has 18 heavy (non-hydrogen) atoms. The molecule has 0 spiro atoms. The predicted octanol–water partition coefficient (Wildman–Crippen LogP) is 4.24. The predicted molar refractivity (Wildman–Crippen MR) is 76.0 cm³/mol. The molecule has 0 amide bonds. The van der Waals surface area contributed by atoms with Crippen LogP contribution in [-0.4, -0.2) is 4.98 Å². The number of hydrogen-bond donors (Lipinski definition) is 1. The Labute approximate surface area is 117 Å². The molecule has 0 fully saturated rings. The highest BCUT2D eigenvalue weighted by atomic mass is 35.5. The molecule has 0 radical (unpaired) electrons. The van der Waals surface area contributed by atoms with E-state index in [4.69, 9.17) is 23.2 Å². The zero-order valence-corrected chi connectivity index (χ0v) is 11.5. The van der Waals surface area contributed by atoms with Crippen molar-refractivity contribution in [2.24, 2.45) is 0 Å². The zero-order chi connectivity index (χ0) is 13.0. The summed E-state index contributed by atoms with van der Waals surface area (Å²) in [7, 11) is 0. The van der Waals surface area contributed by atoms with Crippen LogP contribution in [0.4, 0.5) is 0 Å². The first-order valence-electron chi connectivity index (χ1n) is 5.74. The van der Waals surface area contributed by atoms with E-state index in [1.807, 2.05) is 30.3 Å². The minimum atomic E-state index is 0.169. The molecule has 2 rings (SSSR count). The highest BCUT2D eigenvalue weighted by molar-refractivity contribution is 6.31. The quantitative estimate of drug-likeness (QED) is 0.906. The molecular weight excluding hydrogens is 267 g/mol. The maximum atomic E-state index is 6.16. The summed E-state index contributed by atoms with van der Waals surface area (Å²) in [6.45, 7) is 2.77. The summed E-state index contributed by atoms with van der Waals surface area (Å²) in [6, 6.07) is 9.91. The van der Waals surface area contributed by atoms with Gasteiger partial charge in [-0.15, -0.1) is 0 Å². The summed E-state index contributed by atoms with van der Waals surface area (Å²) in [5.41, 5.74) is 2.12. The summed E-state index contributed by atoms with van der Waals surface area (Å²) in [5.74, 6) is 0. The van der Waals surface area contributed by atoms with Gasteiger partial charge >= 0.3 is 0 Å². The van der Waals surface area contributed by atoms with Gasteiger partial charge in [-0.2, -0.15) is 0 Å². The van der Waals surface area contributed by atoms with Gasteiger partial charge in [0.05, 0.1) is 5.02 Å². The van der Waals surface area contributed by atoms with Crippen molar-refractivity contribution in [3.05, 3.63) is 63.9 Å². The molecular formula is C14H14Cl2N2. The number of pyridine rings is 1. The van der Waals surface area contributed by atoms with Crippen molar-refractivity contribution in [3.8, 4) is 0 Å². The smallest absolute Gasteiger partial charge is 0.0634 e. The van der Waals surface area contributed by atoms with E-state index >= 15 is 0 Å². The van der Waals surface area contributed by atoms with E-state index < -0.39 is 0 Å². The van der Waals surface area contributed by atoms with E-state index in [0.717, 1.165) is 16.1 Å². The Balaban J connectivity index is 2.03. The summed E-state index contributed by atoms with van der Waals surface area (Å²) in [5, 5.41) is 4.85. The largest absolute Gasteiger partial charge is 0.306 e. The third kappa shape index (κ3) is 3.22. The first-order chi connectivity index (χ1) is 8.68. The molecule has 1 N–H and O–H groups in total. The Kier molecular flexibility index (Phi) is 4.59. The molecule has 0 aliphatic heterocycles. The standard InChI is InChI=1S/C14H14Cl2N2/c1-10(12-4-2-3-5-13(12)15)18-8-11-6-7-17-9-14(11)16/h2-7,9-10,18H,8H2,1H3. The van der Waals surface area contributed by atoms with Crippen molar-refractivity contribution < 1.29 is 0 Å². The fourth-order valence-electron chi connectivity index (χ4n) is 1.75. The molecule has 1 aromatic carbocycles. The Morgan fingerprint density at radius 1 is 1.17 bits per heavy atom. The van der Waals surface area contributed by atoms with Gasteiger partial charge in [0.25, 0.3) is 0 Å². The lowest BCUT2D eigenvalue weighted by molar-refractivity contribution is 0.574. The minimum Gasteiger partial charge on any atom is -0.306 e. The number of aromatic nitrogens is 1. The third-order valence-corrected chi connectivity index (χ3v) is 3.51. The highest BCUT2D eigenvalue weighted by Crippen LogP contribution is 2.23. The highest BCUT2D eigenvalue weighted by Gasteiger charge is 2.09. The molecule has 0 saturated heterocycles.